The van der Waals surface area contributed by atoms with Gasteiger partial charge in [-0.2, -0.15) is 0 Å². The molecule has 0 aromatic heterocycles. The molecule has 19 heavy (non-hydrogen) atoms. The smallest absolute Gasteiger partial charge is 0.340 e. The fourth-order valence-electron chi connectivity index (χ4n) is 1.86. The molecule has 0 aliphatic carbocycles. The van der Waals surface area contributed by atoms with Crippen LogP contribution in [0.15, 0.2) is 24.3 Å². The summed E-state index contributed by atoms with van der Waals surface area (Å²) >= 11 is 0. The van der Waals surface area contributed by atoms with Crippen molar-refractivity contribution in [1.29, 1.82) is 0 Å². The fraction of sp³-hybridized carbons (Fsp3) is 0.533. The standard InChI is InChI=1S/C15H24N2O2/c1-4-19-15(18)13-7-5-6-8-14(13)17-10-12(9-16)11(2)3/h5-8,11-12,17H,4,9-10,16H2,1-3H3. The zero-order valence-corrected chi connectivity index (χ0v) is 12.0. The van der Waals surface area contributed by atoms with Gasteiger partial charge in [-0.3, -0.25) is 0 Å². The van der Waals surface area contributed by atoms with Crippen molar-refractivity contribution in [2.45, 2.75) is 20.8 Å². The number of nitrogens with two attached hydrogens (primary N) is 1. The monoisotopic (exact) mass is 264 g/mol. The molecule has 1 aromatic rings. The van der Waals surface area contributed by atoms with Gasteiger partial charge >= 0.3 is 5.97 Å². The third-order valence-electron chi connectivity index (χ3n) is 3.22. The Morgan fingerprint density at radius 3 is 2.63 bits per heavy atom. The molecule has 3 N–H and O–H groups in total. The zero-order chi connectivity index (χ0) is 14.3. The number of benzene rings is 1. The number of rotatable bonds is 7. The van der Waals surface area contributed by atoms with E-state index in [0.29, 0.717) is 30.6 Å². The average molecular weight is 264 g/mol. The topological polar surface area (TPSA) is 64.3 Å². The zero-order valence-electron chi connectivity index (χ0n) is 12.0. The first-order valence-corrected chi connectivity index (χ1v) is 6.80. The predicted octanol–water partition coefficient (Wildman–Crippen LogP) is 2.51. The molecule has 0 amide bonds. The van der Waals surface area contributed by atoms with Gasteiger partial charge in [0.25, 0.3) is 0 Å². The molecule has 4 heteroatoms. The van der Waals surface area contributed by atoms with Crippen molar-refractivity contribution in [3.05, 3.63) is 29.8 Å². The maximum Gasteiger partial charge on any atom is 0.340 e. The number of ether oxygens (including phenoxy) is 1. The van der Waals surface area contributed by atoms with Gasteiger partial charge in [0.15, 0.2) is 0 Å². The van der Waals surface area contributed by atoms with Crippen LogP contribution < -0.4 is 11.1 Å². The van der Waals surface area contributed by atoms with Gasteiger partial charge in [0.1, 0.15) is 0 Å². The minimum Gasteiger partial charge on any atom is -0.462 e. The number of carbonyl (C=O) groups excluding carboxylic acids is 1. The van der Waals surface area contributed by atoms with Crippen LogP contribution in [0, 0.1) is 11.8 Å². The van der Waals surface area contributed by atoms with Crippen molar-refractivity contribution >= 4 is 11.7 Å². The number of anilines is 1. The third-order valence-corrected chi connectivity index (χ3v) is 3.22. The van der Waals surface area contributed by atoms with E-state index < -0.39 is 0 Å². The fourth-order valence-corrected chi connectivity index (χ4v) is 1.86. The van der Waals surface area contributed by atoms with Gasteiger partial charge in [0.05, 0.1) is 12.2 Å². The second kappa shape index (κ2) is 7.79. The summed E-state index contributed by atoms with van der Waals surface area (Å²) in [6, 6.07) is 7.39. The summed E-state index contributed by atoms with van der Waals surface area (Å²) in [5.41, 5.74) is 7.13. The van der Waals surface area contributed by atoms with E-state index in [2.05, 4.69) is 19.2 Å². The van der Waals surface area contributed by atoms with Gasteiger partial charge in [-0.1, -0.05) is 26.0 Å². The van der Waals surface area contributed by atoms with E-state index in [0.717, 1.165) is 12.2 Å². The Bertz CT molecular complexity index is 405. The lowest BCUT2D eigenvalue weighted by atomic mass is 9.96. The quantitative estimate of drug-likeness (QED) is 0.743. The summed E-state index contributed by atoms with van der Waals surface area (Å²) in [5, 5.41) is 3.30. The normalized spacial score (nSPS) is 12.3. The molecule has 0 heterocycles. The Morgan fingerprint density at radius 1 is 1.37 bits per heavy atom. The SMILES string of the molecule is CCOC(=O)c1ccccc1NCC(CN)C(C)C. The van der Waals surface area contributed by atoms with E-state index in [4.69, 9.17) is 10.5 Å². The molecule has 0 spiro atoms. The van der Waals surface area contributed by atoms with Gasteiger partial charge in [-0.05, 0) is 37.4 Å². The number of carbonyl (C=O) groups is 1. The van der Waals surface area contributed by atoms with Crippen LogP contribution in [0.1, 0.15) is 31.1 Å². The maximum absolute atomic E-state index is 11.8. The molecule has 1 atom stereocenters. The van der Waals surface area contributed by atoms with Crippen molar-refractivity contribution in [3.63, 3.8) is 0 Å². The Balaban J connectivity index is 2.75. The highest BCUT2D eigenvalue weighted by molar-refractivity contribution is 5.95. The molecule has 0 saturated heterocycles. The lowest BCUT2D eigenvalue weighted by Crippen LogP contribution is -2.27. The number of esters is 1. The molecule has 0 bridgehead atoms. The van der Waals surface area contributed by atoms with Crippen LogP contribution in [0.4, 0.5) is 5.69 Å². The molecule has 1 rings (SSSR count). The van der Waals surface area contributed by atoms with Crippen LogP contribution in [-0.4, -0.2) is 25.7 Å². The van der Waals surface area contributed by atoms with Crippen LogP contribution in [-0.2, 0) is 4.74 Å². The highest BCUT2D eigenvalue weighted by atomic mass is 16.5. The van der Waals surface area contributed by atoms with E-state index in [9.17, 15) is 4.79 Å². The van der Waals surface area contributed by atoms with Crippen molar-refractivity contribution in [1.82, 2.24) is 0 Å². The first-order chi connectivity index (χ1) is 9.10. The molecule has 4 nitrogen and oxygen atoms in total. The lowest BCUT2D eigenvalue weighted by molar-refractivity contribution is 0.0527. The predicted molar refractivity (Wildman–Crippen MR) is 78.3 cm³/mol. The van der Waals surface area contributed by atoms with Crippen LogP contribution in [0.25, 0.3) is 0 Å². The highest BCUT2D eigenvalue weighted by Gasteiger charge is 2.14. The molecule has 1 aromatic carbocycles. The number of para-hydroxylation sites is 1. The number of hydrogen-bond donors (Lipinski definition) is 2. The van der Waals surface area contributed by atoms with E-state index in [1.54, 1.807) is 13.0 Å². The summed E-state index contributed by atoms with van der Waals surface area (Å²) < 4.78 is 5.05. The van der Waals surface area contributed by atoms with Crippen LogP contribution in [0.2, 0.25) is 0 Å². The summed E-state index contributed by atoms with van der Waals surface area (Å²) in [7, 11) is 0. The minimum absolute atomic E-state index is 0.292. The highest BCUT2D eigenvalue weighted by Crippen LogP contribution is 2.18. The van der Waals surface area contributed by atoms with Gasteiger partial charge < -0.3 is 15.8 Å². The largest absolute Gasteiger partial charge is 0.462 e. The van der Waals surface area contributed by atoms with Crippen molar-refractivity contribution in [2.24, 2.45) is 17.6 Å². The van der Waals surface area contributed by atoms with Gasteiger partial charge in [-0.15, -0.1) is 0 Å². The van der Waals surface area contributed by atoms with Crippen molar-refractivity contribution in [2.75, 3.05) is 25.0 Å². The van der Waals surface area contributed by atoms with Crippen LogP contribution in [0.5, 0.6) is 0 Å². The first-order valence-electron chi connectivity index (χ1n) is 6.80. The molecule has 0 fully saturated rings. The molecule has 0 saturated carbocycles. The molecular formula is C15H24N2O2. The van der Waals surface area contributed by atoms with E-state index in [1.807, 2.05) is 18.2 Å². The van der Waals surface area contributed by atoms with Crippen molar-refractivity contribution < 1.29 is 9.53 Å². The van der Waals surface area contributed by atoms with Gasteiger partial charge in [-0.25, -0.2) is 4.79 Å². The van der Waals surface area contributed by atoms with E-state index in [1.165, 1.54) is 0 Å². The molecule has 1 unspecified atom stereocenters. The van der Waals surface area contributed by atoms with E-state index >= 15 is 0 Å². The van der Waals surface area contributed by atoms with Gasteiger partial charge in [0.2, 0.25) is 0 Å². The Kier molecular flexibility index (Phi) is 6.36. The summed E-state index contributed by atoms with van der Waals surface area (Å²) in [5.74, 6) is 0.599. The molecule has 0 radical (unpaired) electrons. The van der Waals surface area contributed by atoms with Gasteiger partial charge in [0, 0.05) is 12.2 Å². The molecular weight excluding hydrogens is 240 g/mol. The number of nitrogens with one attached hydrogen (secondary N) is 1. The Hall–Kier alpha value is -1.55. The summed E-state index contributed by atoms with van der Waals surface area (Å²) in [4.78, 5) is 11.8. The lowest BCUT2D eigenvalue weighted by Gasteiger charge is -2.20. The first kappa shape index (κ1) is 15.5. The van der Waals surface area contributed by atoms with E-state index in [-0.39, 0.29) is 5.97 Å². The maximum atomic E-state index is 11.8. The Morgan fingerprint density at radius 2 is 2.05 bits per heavy atom. The number of hydrogen-bond acceptors (Lipinski definition) is 4. The molecule has 0 aliphatic heterocycles. The van der Waals surface area contributed by atoms with Crippen LogP contribution in [0.3, 0.4) is 0 Å². The second-order valence-corrected chi connectivity index (χ2v) is 4.89. The average Bonchev–Trinajstić information content (AvgIpc) is 2.39. The minimum atomic E-state index is -0.292. The molecule has 106 valence electrons. The third kappa shape index (κ3) is 4.56. The van der Waals surface area contributed by atoms with Crippen LogP contribution >= 0.6 is 0 Å². The summed E-state index contributed by atoms with van der Waals surface area (Å²) in [6.45, 7) is 7.87. The molecule has 0 aliphatic rings. The summed E-state index contributed by atoms with van der Waals surface area (Å²) in [6.07, 6.45) is 0. The Labute approximate surface area is 115 Å². The van der Waals surface area contributed by atoms with Crippen molar-refractivity contribution in [3.8, 4) is 0 Å². The second-order valence-electron chi connectivity index (χ2n) is 4.89.